The second-order valence-electron chi connectivity index (χ2n) is 3.07. The van der Waals surface area contributed by atoms with Crippen LogP contribution in [0.15, 0.2) is 12.4 Å². The molecule has 2 aromatic rings. The summed E-state index contributed by atoms with van der Waals surface area (Å²) in [5.41, 5.74) is 4.57. The predicted molar refractivity (Wildman–Crippen MR) is 47.2 cm³/mol. The van der Waals surface area contributed by atoms with Crippen LogP contribution >= 0.6 is 0 Å². The fourth-order valence-electron chi connectivity index (χ4n) is 1.60. The van der Waals surface area contributed by atoms with Gasteiger partial charge in [0, 0.05) is 5.69 Å². The minimum atomic E-state index is 1.04. The summed E-state index contributed by atoms with van der Waals surface area (Å²) in [5.74, 6) is 0. The largest absolute Gasteiger partial charge is 0.238 e. The van der Waals surface area contributed by atoms with Gasteiger partial charge in [0.2, 0.25) is 0 Å². The Kier molecular flexibility index (Phi) is 1.40. The van der Waals surface area contributed by atoms with E-state index in [0.29, 0.717) is 0 Å². The molecule has 0 aliphatic rings. The van der Waals surface area contributed by atoms with E-state index in [2.05, 4.69) is 23.1 Å². The third-order valence-electron chi connectivity index (χ3n) is 2.11. The number of hydrogen-bond acceptors (Lipinski definition) is 2. The zero-order valence-electron chi connectivity index (χ0n) is 7.50. The molecule has 0 fully saturated rings. The molecule has 12 heavy (non-hydrogen) atoms. The molecule has 0 aliphatic heterocycles. The number of fused-ring (bicyclic) bond motifs is 1. The minimum Gasteiger partial charge on any atom is -0.238 e. The molecular weight excluding hydrogens is 150 g/mol. The number of rotatable bonds is 0. The molecule has 3 nitrogen and oxygen atoms in total. The highest BCUT2D eigenvalue weighted by molar-refractivity contribution is 5.59. The quantitative estimate of drug-likeness (QED) is 0.588. The summed E-state index contributed by atoms with van der Waals surface area (Å²) >= 11 is 0. The van der Waals surface area contributed by atoms with Gasteiger partial charge in [0.1, 0.15) is 6.33 Å². The first-order chi connectivity index (χ1) is 5.70. The molecule has 2 rings (SSSR count). The fraction of sp³-hybridized carbons (Fsp3) is 0.333. The monoisotopic (exact) mass is 161 g/mol. The molecule has 2 heterocycles. The van der Waals surface area contributed by atoms with Crippen molar-refractivity contribution in [3.8, 4) is 0 Å². The highest BCUT2D eigenvalue weighted by Gasteiger charge is 2.05. The van der Waals surface area contributed by atoms with E-state index in [1.165, 1.54) is 5.56 Å². The van der Waals surface area contributed by atoms with Crippen molar-refractivity contribution in [2.75, 3.05) is 0 Å². The molecule has 0 unspecified atom stereocenters. The lowest BCUT2D eigenvalue weighted by Gasteiger charge is -1.98. The van der Waals surface area contributed by atoms with Gasteiger partial charge in [-0.25, -0.2) is 9.50 Å². The summed E-state index contributed by atoms with van der Waals surface area (Å²) in [7, 11) is 0. The van der Waals surface area contributed by atoms with E-state index in [4.69, 9.17) is 0 Å². The van der Waals surface area contributed by atoms with E-state index in [0.717, 1.165) is 16.9 Å². The van der Waals surface area contributed by atoms with Crippen LogP contribution in [0, 0.1) is 20.8 Å². The van der Waals surface area contributed by atoms with Crippen LogP contribution in [0.5, 0.6) is 0 Å². The third-order valence-corrected chi connectivity index (χ3v) is 2.11. The molecule has 0 aromatic carbocycles. The van der Waals surface area contributed by atoms with Crippen LogP contribution in [0.4, 0.5) is 0 Å². The molecule has 62 valence electrons. The standard InChI is InChI=1S/C9H11N3/c1-6-4-7(2)12-9(6)8(3)10-5-11-12/h4-5H,1-3H3. The Balaban J connectivity index is 2.99. The van der Waals surface area contributed by atoms with Crippen molar-refractivity contribution >= 4 is 5.52 Å². The third kappa shape index (κ3) is 0.826. The van der Waals surface area contributed by atoms with E-state index in [1.54, 1.807) is 6.33 Å². The molecule has 0 spiro atoms. The second-order valence-corrected chi connectivity index (χ2v) is 3.07. The first-order valence-corrected chi connectivity index (χ1v) is 3.96. The van der Waals surface area contributed by atoms with Crippen molar-refractivity contribution < 1.29 is 0 Å². The van der Waals surface area contributed by atoms with Crippen LogP contribution < -0.4 is 0 Å². The fourth-order valence-corrected chi connectivity index (χ4v) is 1.60. The summed E-state index contributed by atoms with van der Waals surface area (Å²) < 4.78 is 1.93. The van der Waals surface area contributed by atoms with Crippen LogP contribution in [-0.4, -0.2) is 14.6 Å². The topological polar surface area (TPSA) is 30.2 Å². The van der Waals surface area contributed by atoms with Gasteiger partial charge in [-0.3, -0.25) is 0 Å². The summed E-state index contributed by atoms with van der Waals surface area (Å²) in [6, 6.07) is 2.12. The van der Waals surface area contributed by atoms with Gasteiger partial charge < -0.3 is 0 Å². The van der Waals surface area contributed by atoms with Gasteiger partial charge in [-0.1, -0.05) is 0 Å². The molecule has 0 bridgehead atoms. The summed E-state index contributed by atoms with van der Waals surface area (Å²) in [6.45, 7) is 6.13. The van der Waals surface area contributed by atoms with Crippen molar-refractivity contribution in [2.45, 2.75) is 20.8 Å². The highest BCUT2D eigenvalue weighted by atomic mass is 15.2. The molecule has 0 amide bonds. The normalized spacial score (nSPS) is 10.9. The molecular formula is C9H11N3. The van der Waals surface area contributed by atoms with Crippen LogP contribution in [0.1, 0.15) is 17.0 Å². The van der Waals surface area contributed by atoms with E-state index >= 15 is 0 Å². The van der Waals surface area contributed by atoms with Crippen LogP contribution in [0.3, 0.4) is 0 Å². The van der Waals surface area contributed by atoms with Gasteiger partial charge >= 0.3 is 0 Å². The molecule has 2 aromatic heterocycles. The Hall–Kier alpha value is -1.38. The lowest BCUT2D eigenvalue weighted by Crippen LogP contribution is -1.96. The molecule has 0 saturated heterocycles. The number of hydrogen-bond donors (Lipinski definition) is 0. The van der Waals surface area contributed by atoms with Gasteiger partial charge in [0.25, 0.3) is 0 Å². The zero-order chi connectivity index (χ0) is 8.72. The Labute approximate surface area is 71.1 Å². The van der Waals surface area contributed by atoms with E-state index < -0.39 is 0 Å². The van der Waals surface area contributed by atoms with E-state index in [9.17, 15) is 0 Å². The average Bonchev–Trinajstić information content (AvgIpc) is 2.29. The Morgan fingerprint density at radius 2 is 2.00 bits per heavy atom. The summed E-state index contributed by atoms with van der Waals surface area (Å²) in [6.07, 6.45) is 1.59. The van der Waals surface area contributed by atoms with Crippen molar-refractivity contribution in [3.05, 3.63) is 29.3 Å². The highest BCUT2D eigenvalue weighted by Crippen LogP contribution is 2.15. The lowest BCUT2D eigenvalue weighted by atomic mass is 10.3. The van der Waals surface area contributed by atoms with Gasteiger partial charge in [-0.15, -0.1) is 0 Å². The molecule has 0 atom stereocenters. The second kappa shape index (κ2) is 2.30. The summed E-state index contributed by atoms with van der Waals surface area (Å²) in [5, 5.41) is 4.17. The molecule has 0 saturated carbocycles. The number of nitrogens with zero attached hydrogens (tertiary/aromatic N) is 3. The molecule has 0 N–H and O–H groups in total. The Bertz CT molecular complexity index is 429. The number of aryl methyl sites for hydroxylation is 3. The zero-order valence-corrected chi connectivity index (χ0v) is 7.50. The van der Waals surface area contributed by atoms with Gasteiger partial charge in [0.05, 0.1) is 11.2 Å². The van der Waals surface area contributed by atoms with E-state index in [-0.39, 0.29) is 0 Å². The molecule has 0 radical (unpaired) electrons. The van der Waals surface area contributed by atoms with Crippen molar-refractivity contribution in [3.63, 3.8) is 0 Å². The van der Waals surface area contributed by atoms with Gasteiger partial charge in [-0.05, 0) is 32.4 Å². The molecule has 3 heteroatoms. The van der Waals surface area contributed by atoms with Crippen molar-refractivity contribution in [1.82, 2.24) is 14.6 Å². The van der Waals surface area contributed by atoms with Crippen molar-refractivity contribution in [2.24, 2.45) is 0 Å². The SMILES string of the molecule is Cc1cc(C)n2ncnc(C)c12. The smallest absolute Gasteiger partial charge is 0.136 e. The lowest BCUT2D eigenvalue weighted by molar-refractivity contribution is 0.858. The van der Waals surface area contributed by atoms with Crippen LogP contribution in [0.25, 0.3) is 5.52 Å². The maximum atomic E-state index is 4.17. The number of aromatic nitrogens is 3. The summed E-state index contributed by atoms with van der Waals surface area (Å²) in [4.78, 5) is 4.15. The molecule has 0 aliphatic carbocycles. The van der Waals surface area contributed by atoms with Crippen LogP contribution in [-0.2, 0) is 0 Å². The van der Waals surface area contributed by atoms with E-state index in [1.807, 2.05) is 18.4 Å². The predicted octanol–water partition coefficient (Wildman–Crippen LogP) is 1.65. The minimum absolute atomic E-state index is 1.04. The van der Waals surface area contributed by atoms with Crippen molar-refractivity contribution in [1.29, 1.82) is 0 Å². The van der Waals surface area contributed by atoms with Gasteiger partial charge in [0.15, 0.2) is 0 Å². The maximum Gasteiger partial charge on any atom is 0.136 e. The van der Waals surface area contributed by atoms with Crippen LogP contribution in [0.2, 0.25) is 0 Å². The maximum absolute atomic E-state index is 4.17. The average molecular weight is 161 g/mol. The first kappa shape index (κ1) is 7.28. The Morgan fingerprint density at radius 1 is 1.25 bits per heavy atom. The van der Waals surface area contributed by atoms with Gasteiger partial charge in [-0.2, -0.15) is 5.10 Å². The Morgan fingerprint density at radius 3 is 2.67 bits per heavy atom. The first-order valence-electron chi connectivity index (χ1n) is 3.96.